The van der Waals surface area contributed by atoms with Gasteiger partial charge in [0.15, 0.2) is 0 Å². The molecule has 0 radical (unpaired) electrons. The molecule has 1 aliphatic rings. The number of nitrogens with one attached hydrogen (secondary N) is 1. The summed E-state index contributed by atoms with van der Waals surface area (Å²) < 4.78 is 5.06. The second-order valence-electron chi connectivity index (χ2n) is 5.67. The van der Waals surface area contributed by atoms with Crippen molar-refractivity contribution in [1.29, 1.82) is 0 Å². The second kappa shape index (κ2) is 9.09. The topological polar surface area (TPSA) is 102 Å². The SMILES string of the molecule is O=C(NC[C@@H](O)CN1CCN(C(=O)O)CC1)OCc1ccccc1. The van der Waals surface area contributed by atoms with E-state index in [-0.39, 0.29) is 13.2 Å². The van der Waals surface area contributed by atoms with Crippen molar-refractivity contribution in [2.75, 3.05) is 39.3 Å². The van der Waals surface area contributed by atoms with Gasteiger partial charge in [-0.2, -0.15) is 0 Å². The maximum atomic E-state index is 11.6. The maximum Gasteiger partial charge on any atom is 0.407 e. The highest BCUT2D eigenvalue weighted by Crippen LogP contribution is 2.03. The lowest BCUT2D eigenvalue weighted by Gasteiger charge is -2.34. The van der Waals surface area contributed by atoms with Gasteiger partial charge < -0.3 is 25.2 Å². The van der Waals surface area contributed by atoms with Crippen molar-refractivity contribution >= 4 is 12.2 Å². The van der Waals surface area contributed by atoms with E-state index in [1.165, 1.54) is 4.90 Å². The molecule has 8 nitrogen and oxygen atoms in total. The van der Waals surface area contributed by atoms with Gasteiger partial charge in [0, 0.05) is 39.3 Å². The molecule has 2 amide bonds. The molecule has 1 heterocycles. The van der Waals surface area contributed by atoms with E-state index in [1.807, 2.05) is 35.2 Å². The van der Waals surface area contributed by atoms with Gasteiger partial charge in [0.25, 0.3) is 0 Å². The lowest BCUT2D eigenvalue weighted by Crippen LogP contribution is -2.51. The Morgan fingerprint density at radius 2 is 1.83 bits per heavy atom. The minimum Gasteiger partial charge on any atom is -0.465 e. The zero-order valence-corrected chi connectivity index (χ0v) is 13.4. The summed E-state index contributed by atoms with van der Waals surface area (Å²) in [5.74, 6) is 0. The van der Waals surface area contributed by atoms with Crippen LogP contribution in [0.1, 0.15) is 5.56 Å². The monoisotopic (exact) mass is 337 g/mol. The number of piperazine rings is 1. The number of carboxylic acid groups (broad SMARTS) is 1. The zero-order valence-electron chi connectivity index (χ0n) is 13.4. The van der Waals surface area contributed by atoms with Crippen LogP contribution < -0.4 is 5.32 Å². The Morgan fingerprint density at radius 1 is 1.17 bits per heavy atom. The fraction of sp³-hybridized carbons (Fsp3) is 0.500. The summed E-state index contributed by atoms with van der Waals surface area (Å²) >= 11 is 0. The molecule has 1 fully saturated rings. The van der Waals surface area contributed by atoms with Crippen LogP contribution in [-0.4, -0.2) is 77.6 Å². The molecule has 0 aromatic heterocycles. The number of amides is 2. The smallest absolute Gasteiger partial charge is 0.407 e. The van der Waals surface area contributed by atoms with Crippen molar-refractivity contribution in [1.82, 2.24) is 15.1 Å². The van der Waals surface area contributed by atoms with Crippen LogP contribution in [0.5, 0.6) is 0 Å². The Balaban J connectivity index is 1.60. The molecule has 0 bridgehead atoms. The fourth-order valence-electron chi connectivity index (χ4n) is 2.46. The number of ether oxygens (including phenoxy) is 1. The first kappa shape index (κ1) is 18.0. The van der Waals surface area contributed by atoms with Gasteiger partial charge in [-0.05, 0) is 5.56 Å². The van der Waals surface area contributed by atoms with E-state index >= 15 is 0 Å². The number of rotatable bonds is 6. The summed E-state index contributed by atoms with van der Waals surface area (Å²) in [4.78, 5) is 25.7. The molecule has 0 aliphatic carbocycles. The second-order valence-corrected chi connectivity index (χ2v) is 5.67. The van der Waals surface area contributed by atoms with E-state index in [0.717, 1.165) is 5.56 Å². The third kappa shape index (κ3) is 6.05. The fourth-order valence-corrected chi connectivity index (χ4v) is 2.46. The number of alkyl carbamates (subject to hydrolysis) is 1. The van der Waals surface area contributed by atoms with E-state index in [9.17, 15) is 14.7 Å². The van der Waals surface area contributed by atoms with Crippen LogP contribution in [0.15, 0.2) is 30.3 Å². The van der Waals surface area contributed by atoms with Gasteiger partial charge in [0.05, 0.1) is 6.10 Å². The predicted molar refractivity (Wildman–Crippen MR) is 86.7 cm³/mol. The number of aliphatic hydroxyl groups excluding tert-OH is 1. The summed E-state index contributed by atoms with van der Waals surface area (Å²) in [6.45, 7) is 2.64. The van der Waals surface area contributed by atoms with Crippen LogP contribution in [0.25, 0.3) is 0 Å². The van der Waals surface area contributed by atoms with Gasteiger partial charge >= 0.3 is 12.2 Å². The summed E-state index contributed by atoms with van der Waals surface area (Å²) in [5, 5.41) is 21.4. The largest absolute Gasteiger partial charge is 0.465 e. The Morgan fingerprint density at radius 3 is 2.46 bits per heavy atom. The molecule has 1 saturated heterocycles. The number of aliphatic hydroxyl groups is 1. The van der Waals surface area contributed by atoms with Crippen molar-refractivity contribution < 1.29 is 24.5 Å². The Hall–Kier alpha value is -2.32. The molecule has 24 heavy (non-hydrogen) atoms. The molecule has 1 atom stereocenters. The molecule has 0 spiro atoms. The first-order chi connectivity index (χ1) is 11.5. The standard InChI is InChI=1S/C16H23N3O5/c20-14(11-18-6-8-19(9-7-18)16(22)23)10-17-15(21)24-12-13-4-2-1-3-5-13/h1-5,14,20H,6-12H2,(H,17,21)(H,22,23)/t14-/m1/s1. The third-order valence-electron chi connectivity index (χ3n) is 3.81. The molecule has 132 valence electrons. The molecule has 1 aliphatic heterocycles. The Bertz CT molecular complexity index is 532. The van der Waals surface area contributed by atoms with Crippen LogP contribution in [0, 0.1) is 0 Å². The molecule has 0 unspecified atom stereocenters. The molecular weight excluding hydrogens is 314 g/mol. The number of carbonyl (C=O) groups excluding carboxylic acids is 1. The maximum absolute atomic E-state index is 11.6. The molecule has 2 rings (SSSR count). The summed E-state index contributed by atoms with van der Waals surface area (Å²) in [6.07, 6.45) is -2.22. The molecule has 1 aromatic rings. The normalized spacial score (nSPS) is 16.5. The highest BCUT2D eigenvalue weighted by molar-refractivity contribution is 5.67. The van der Waals surface area contributed by atoms with Gasteiger partial charge in [-0.3, -0.25) is 4.90 Å². The minimum absolute atomic E-state index is 0.0900. The number of nitrogens with zero attached hydrogens (tertiary/aromatic N) is 2. The van der Waals surface area contributed by atoms with Gasteiger partial charge in [-0.1, -0.05) is 30.3 Å². The summed E-state index contributed by atoms with van der Waals surface area (Å²) in [6, 6.07) is 9.34. The van der Waals surface area contributed by atoms with E-state index in [1.54, 1.807) is 0 Å². The summed E-state index contributed by atoms with van der Waals surface area (Å²) in [7, 11) is 0. The van der Waals surface area contributed by atoms with E-state index in [0.29, 0.717) is 32.7 Å². The molecule has 3 N–H and O–H groups in total. The Labute approximate surface area is 140 Å². The zero-order chi connectivity index (χ0) is 17.4. The number of carbonyl (C=O) groups is 2. The number of β-amino-alcohol motifs (C(OH)–C–C–N with tert-alkyl or cyclic N) is 1. The minimum atomic E-state index is -0.918. The van der Waals surface area contributed by atoms with Crippen molar-refractivity contribution in [3.63, 3.8) is 0 Å². The van der Waals surface area contributed by atoms with E-state index < -0.39 is 18.3 Å². The molecule has 1 aromatic carbocycles. The number of hydrogen-bond acceptors (Lipinski definition) is 5. The van der Waals surface area contributed by atoms with Gasteiger partial charge in [0.2, 0.25) is 0 Å². The van der Waals surface area contributed by atoms with Crippen molar-refractivity contribution in [3.05, 3.63) is 35.9 Å². The van der Waals surface area contributed by atoms with Crippen molar-refractivity contribution in [2.24, 2.45) is 0 Å². The number of benzene rings is 1. The average molecular weight is 337 g/mol. The van der Waals surface area contributed by atoms with Crippen LogP contribution in [-0.2, 0) is 11.3 Å². The lowest BCUT2D eigenvalue weighted by molar-refractivity contribution is 0.0675. The third-order valence-corrected chi connectivity index (χ3v) is 3.81. The van der Waals surface area contributed by atoms with Gasteiger partial charge in [-0.15, -0.1) is 0 Å². The lowest BCUT2D eigenvalue weighted by atomic mass is 10.2. The number of hydrogen-bond donors (Lipinski definition) is 3. The quantitative estimate of drug-likeness (QED) is 0.701. The van der Waals surface area contributed by atoms with Crippen LogP contribution >= 0.6 is 0 Å². The molecule has 8 heteroatoms. The molecule has 0 saturated carbocycles. The molecular formula is C16H23N3O5. The highest BCUT2D eigenvalue weighted by Gasteiger charge is 2.22. The van der Waals surface area contributed by atoms with E-state index in [2.05, 4.69) is 5.32 Å². The van der Waals surface area contributed by atoms with Gasteiger partial charge in [0.1, 0.15) is 6.61 Å². The van der Waals surface area contributed by atoms with Crippen molar-refractivity contribution in [2.45, 2.75) is 12.7 Å². The average Bonchev–Trinajstić information content (AvgIpc) is 2.59. The Kier molecular flexibility index (Phi) is 6.83. The highest BCUT2D eigenvalue weighted by atomic mass is 16.5. The first-order valence-electron chi connectivity index (χ1n) is 7.87. The summed E-state index contributed by atoms with van der Waals surface area (Å²) in [5.41, 5.74) is 0.893. The van der Waals surface area contributed by atoms with Crippen LogP contribution in [0.2, 0.25) is 0 Å². The van der Waals surface area contributed by atoms with Crippen LogP contribution in [0.3, 0.4) is 0 Å². The predicted octanol–water partition coefficient (Wildman–Crippen LogP) is 0.569. The first-order valence-corrected chi connectivity index (χ1v) is 7.87. The van der Waals surface area contributed by atoms with E-state index in [4.69, 9.17) is 9.84 Å². The van der Waals surface area contributed by atoms with Crippen molar-refractivity contribution in [3.8, 4) is 0 Å². The van der Waals surface area contributed by atoms with Crippen LogP contribution in [0.4, 0.5) is 9.59 Å². The van der Waals surface area contributed by atoms with Gasteiger partial charge in [-0.25, -0.2) is 9.59 Å².